The maximum absolute atomic E-state index is 12.9. The third-order valence-corrected chi connectivity index (χ3v) is 5.35. The number of amides is 1. The summed E-state index contributed by atoms with van der Waals surface area (Å²) in [6, 6.07) is 9.87. The molecule has 4 rings (SSSR count). The lowest BCUT2D eigenvalue weighted by atomic mass is 10.1. The number of carbonyl (C=O) groups excluding carboxylic acids is 1. The molecule has 2 aromatic rings. The van der Waals surface area contributed by atoms with Gasteiger partial charge in [0.05, 0.1) is 20.2 Å². The minimum atomic E-state index is -0.259. The van der Waals surface area contributed by atoms with Crippen molar-refractivity contribution in [3.05, 3.63) is 47.9 Å². The summed E-state index contributed by atoms with van der Waals surface area (Å²) in [6.45, 7) is 3.24. The van der Waals surface area contributed by atoms with E-state index in [1.807, 2.05) is 12.1 Å². The summed E-state index contributed by atoms with van der Waals surface area (Å²) in [7, 11) is 2.42. The number of nitrogen functional groups attached to an aromatic ring is 1. The predicted molar refractivity (Wildman–Crippen MR) is 132 cm³/mol. The lowest BCUT2D eigenvalue weighted by molar-refractivity contribution is 0.133. The van der Waals surface area contributed by atoms with Crippen molar-refractivity contribution in [3.8, 4) is 5.75 Å². The highest BCUT2D eigenvalue weighted by Gasteiger charge is 2.30. The number of likely N-dealkylation sites (tertiary alicyclic amines) is 1. The molecule has 0 spiro atoms. The van der Waals surface area contributed by atoms with Crippen LogP contribution in [0.4, 0.5) is 20.7 Å². The molecule has 8 nitrogen and oxygen atoms in total. The highest BCUT2D eigenvalue weighted by atomic mass is 32.1. The average Bonchev–Trinajstić information content (AvgIpc) is 3.33. The zero-order valence-electron chi connectivity index (χ0n) is 19.2. The third-order valence-electron chi connectivity index (χ3n) is 5.10. The number of rotatable bonds is 5. The molecule has 0 bridgehead atoms. The number of hydrogen-bond donors (Lipinski definition) is 2. The van der Waals surface area contributed by atoms with E-state index in [2.05, 4.69) is 27.2 Å². The van der Waals surface area contributed by atoms with Gasteiger partial charge in [0.15, 0.2) is 0 Å². The average molecular weight is 482 g/mol. The quantitative estimate of drug-likeness (QED) is 0.631. The second kappa shape index (κ2) is 13.7. The Hall–Kier alpha value is -2.72. The lowest BCUT2D eigenvalue weighted by Crippen LogP contribution is -2.54. The fraction of sp³-hybridized carbons (Fsp3) is 0.478. The minimum absolute atomic E-state index is 0.0907. The first-order valence-corrected chi connectivity index (χ1v) is 11.5. The molecule has 2 aliphatic rings. The van der Waals surface area contributed by atoms with Crippen LogP contribution in [0.25, 0.3) is 0 Å². The molecular formula is C23H34FN4O4S+. The SMILES string of the molecule is CO.COC(=O)N1CCCC1.Nc1cc(CC[SH2+])nc(N2CC(Oc3ccc(F)cc3)C2)c1. The molecule has 33 heavy (non-hydrogen) atoms. The highest BCUT2D eigenvalue weighted by molar-refractivity contribution is 7.58. The smallest absolute Gasteiger partial charge is 0.409 e. The number of methoxy groups -OCH3 is 1. The van der Waals surface area contributed by atoms with Gasteiger partial charge in [-0.2, -0.15) is 0 Å². The number of hydrogen-bond acceptors (Lipinski definition) is 7. The number of anilines is 2. The van der Waals surface area contributed by atoms with Crippen molar-refractivity contribution in [2.75, 3.05) is 56.8 Å². The van der Waals surface area contributed by atoms with Crippen LogP contribution in [0.15, 0.2) is 36.4 Å². The molecule has 2 saturated heterocycles. The first kappa shape index (κ1) is 26.5. The Bertz CT molecular complexity index is 860. The van der Waals surface area contributed by atoms with Crippen LogP contribution in [0.1, 0.15) is 18.5 Å². The van der Waals surface area contributed by atoms with E-state index in [-0.39, 0.29) is 18.0 Å². The zero-order chi connectivity index (χ0) is 24.2. The number of nitrogens with two attached hydrogens (primary N) is 1. The van der Waals surface area contributed by atoms with Crippen LogP contribution < -0.4 is 15.4 Å². The largest absolute Gasteiger partial charge is 0.487 e. The molecule has 0 radical (unpaired) electrons. The minimum Gasteiger partial charge on any atom is -0.487 e. The van der Waals surface area contributed by atoms with Gasteiger partial charge in [-0.1, -0.05) is 0 Å². The van der Waals surface area contributed by atoms with Gasteiger partial charge in [0.25, 0.3) is 0 Å². The number of aliphatic hydroxyl groups excluding tert-OH is 1. The molecule has 0 saturated carbocycles. The molecule has 0 aliphatic carbocycles. The molecule has 3 N–H and O–H groups in total. The summed E-state index contributed by atoms with van der Waals surface area (Å²) < 4.78 is 23.2. The molecule has 0 unspecified atom stereocenters. The predicted octanol–water partition coefficient (Wildman–Crippen LogP) is 2.08. The summed E-state index contributed by atoms with van der Waals surface area (Å²) >= 11 is 3.46. The maximum atomic E-state index is 12.9. The van der Waals surface area contributed by atoms with E-state index in [4.69, 9.17) is 15.6 Å². The van der Waals surface area contributed by atoms with Crippen LogP contribution >= 0.6 is 0 Å². The van der Waals surface area contributed by atoms with Crippen molar-refractivity contribution >= 4 is 30.2 Å². The molecule has 1 amide bonds. The van der Waals surface area contributed by atoms with E-state index >= 15 is 0 Å². The maximum Gasteiger partial charge on any atom is 0.409 e. The lowest BCUT2D eigenvalue weighted by Gasteiger charge is -2.40. The first-order valence-electron chi connectivity index (χ1n) is 10.8. The van der Waals surface area contributed by atoms with Gasteiger partial charge in [0, 0.05) is 44.1 Å². The number of ether oxygens (including phenoxy) is 2. The van der Waals surface area contributed by atoms with Gasteiger partial charge in [-0.15, -0.1) is 0 Å². The summed E-state index contributed by atoms with van der Waals surface area (Å²) in [6.07, 6.45) is 2.99. The molecular weight excluding hydrogens is 447 g/mol. The van der Waals surface area contributed by atoms with E-state index in [1.165, 1.54) is 19.2 Å². The van der Waals surface area contributed by atoms with E-state index in [1.54, 1.807) is 17.0 Å². The molecule has 1 aromatic carbocycles. The van der Waals surface area contributed by atoms with Gasteiger partial charge in [0.1, 0.15) is 29.2 Å². The second-order valence-corrected chi connectivity index (χ2v) is 8.01. The summed E-state index contributed by atoms with van der Waals surface area (Å²) in [4.78, 5) is 19.2. The Kier molecular flexibility index (Phi) is 11.0. The second-order valence-electron chi connectivity index (χ2n) is 7.51. The molecule has 10 heteroatoms. The highest BCUT2D eigenvalue weighted by Crippen LogP contribution is 2.25. The van der Waals surface area contributed by atoms with Gasteiger partial charge in [-0.25, -0.2) is 14.2 Å². The number of benzene rings is 1. The molecule has 2 fully saturated rings. The topological polar surface area (TPSA) is 101 Å². The molecule has 3 heterocycles. The molecule has 2 aliphatic heterocycles. The zero-order valence-corrected chi connectivity index (χ0v) is 20.2. The number of carbonyl (C=O) groups is 1. The number of pyridine rings is 1. The van der Waals surface area contributed by atoms with E-state index in [9.17, 15) is 9.18 Å². The summed E-state index contributed by atoms with van der Waals surface area (Å²) in [5.74, 6) is 2.16. The first-order chi connectivity index (χ1) is 16.0. The summed E-state index contributed by atoms with van der Waals surface area (Å²) in [5.41, 5.74) is 7.63. The Morgan fingerprint density at radius 1 is 1.21 bits per heavy atom. The number of aryl methyl sites for hydroxylation is 1. The fourth-order valence-corrected chi connectivity index (χ4v) is 3.70. The number of aliphatic hydroxyl groups is 1. The van der Waals surface area contributed by atoms with Crippen molar-refractivity contribution in [3.63, 3.8) is 0 Å². The van der Waals surface area contributed by atoms with Crippen molar-refractivity contribution in [2.45, 2.75) is 25.4 Å². The number of halogens is 1. The normalized spacial score (nSPS) is 14.9. The van der Waals surface area contributed by atoms with Gasteiger partial charge >= 0.3 is 6.09 Å². The van der Waals surface area contributed by atoms with Gasteiger partial charge < -0.3 is 30.1 Å². The van der Waals surface area contributed by atoms with Gasteiger partial charge in [-0.05, 0) is 55.8 Å². The monoisotopic (exact) mass is 481 g/mol. The standard InChI is InChI=1S/C16H18FN3OS.C6H11NO2.CH4O/c17-11-1-3-14(4-2-11)21-15-9-20(10-15)16-8-12(18)7-13(19-16)5-6-22;1-9-6(8)7-4-2-3-5-7;1-2/h1-4,7-8,15,22H,5-6,9-10H2,(H2,18,19);2-5H2,1H3;2H,1H3/p+1. The Labute approximate surface area is 199 Å². The molecule has 182 valence electrons. The van der Waals surface area contributed by atoms with Crippen molar-refractivity contribution in [1.29, 1.82) is 0 Å². The Balaban J connectivity index is 0.000000293. The van der Waals surface area contributed by atoms with Crippen LogP contribution in [0.3, 0.4) is 0 Å². The van der Waals surface area contributed by atoms with Crippen molar-refractivity contribution < 1.29 is 23.8 Å². The third kappa shape index (κ3) is 8.29. The van der Waals surface area contributed by atoms with Crippen LogP contribution in [0, 0.1) is 5.82 Å². The van der Waals surface area contributed by atoms with Crippen LogP contribution in [0.5, 0.6) is 5.75 Å². The van der Waals surface area contributed by atoms with Crippen LogP contribution in [0.2, 0.25) is 0 Å². The Morgan fingerprint density at radius 3 is 2.42 bits per heavy atom. The van der Waals surface area contributed by atoms with E-state index < -0.39 is 0 Å². The number of nitrogens with zero attached hydrogens (tertiary/aromatic N) is 3. The molecule has 1 aromatic heterocycles. The van der Waals surface area contributed by atoms with Crippen LogP contribution in [-0.2, 0) is 23.8 Å². The fourth-order valence-electron chi connectivity index (χ4n) is 3.45. The molecule has 0 atom stereocenters. The van der Waals surface area contributed by atoms with E-state index in [0.29, 0.717) is 5.75 Å². The van der Waals surface area contributed by atoms with E-state index in [0.717, 1.165) is 75.5 Å². The van der Waals surface area contributed by atoms with Gasteiger partial charge in [0.2, 0.25) is 0 Å². The summed E-state index contributed by atoms with van der Waals surface area (Å²) in [5, 5.41) is 7.00. The van der Waals surface area contributed by atoms with Crippen molar-refractivity contribution in [2.24, 2.45) is 0 Å². The Morgan fingerprint density at radius 2 is 1.85 bits per heavy atom. The number of aromatic nitrogens is 1. The van der Waals surface area contributed by atoms with Crippen LogP contribution in [-0.4, -0.2) is 73.3 Å². The van der Waals surface area contributed by atoms with Gasteiger partial charge in [-0.3, -0.25) is 0 Å². The van der Waals surface area contributed by atoms with Crippen molar-refractivity contribution in [1.82, 2.24) is 9.88 Å².